The third-order valence-electron chi connectivity index (χ3n) is 2.88. The van der Waals surface area contributed by atoms with Crippen molar-refractivity contribution in [2.24, 2.45) is 0 Å². The zero-order valence-electron chi connectivity index (χ0n) is 11.2. The van der Waals surface area contributed by atoms with Crippen molar-refractivity contribution in [1.29, 1.82) is 0 Å². The Bertz CT molecular complexity index is 786. The molecule has 0 saturated heterocycles. The van der Waals surface area contributed by atoms with Crippen molar-refractivity contribution in [3.63, 3.8) is 0 Å². The molecular formula is C14H14FNO3S2. The van der Waals surface area contributed by atoms with Crippen LogP contribution < -0.4 is 5.73 Å². The molecule has 0 bridgehead atoms. The maximum Gasteiger partial charge on any atom is 0.175 e. The van der Waals surface area contributed by atoms with E-state index >= 15 is 0 Å². The predicted molar refractivity (Wildman–Crippen MR) is 80.5 cm³/mol. The Morgan fingerprint density at radius 2 is 1.76 bits per heavy atom. The van der Waals surface area contributed by atoms with Gasteiger partial charge in [-0.3, -0.25) is 4.21 Å². The molecule has 2 rings (SSSR count). The first-order valence-electron chi connectivity index (χ1n) is 6.00. The van der Waals surface area contributed by atoms with Crippen LogP contribution in [0, 0.1) is 5.82 Å². The van der Waals surface area contributed by atoms with Crippen LogP contribution in [0.25, 0.3) is 0 Å². The maximum atomic E-state index is 13.7. The molecule has 21 heavy (non-hydrogen) atoms. The molecule has 2 aromatic rings. The van der Waals surface area contributed by atoms with Gasteiger partial charge in [-0.2, -0.15) is 0 Å². The van der Waals surface area contributed by atoms with E-state index in [2.05, 4.69) is 0 Å². The number of hydrogen-bond donors (Lipinski definition) is 1. The van der Waals surface area contributed by atoms with Crippen molar-refractivity contribution < 1.29 is 17.0 Å². The van der Waals surface area contributed by atoms with E-state index in [1.807, 2.05) is 0 Å². The maximum absolute atomic E-state index is 13.7. The quantitative estimate of drug-likeness (QED) is 0.873. The molecule has 4 nitrogen and oxygen atoms in total. The molecule has 112 valence electrons. The molecule has 0 aliphatic carbocycles. The smallest absolute Gasteiger partial charge is 0.175 e. The van der Waals surface area contributed by atoms with Crippen molar-refractivity contribution >= 4 is 26.3 Å². The number of nitrogen functional groups attached to an aromatic ring is 1. The highest BCUT2D eigenvalue weighted by atomic mass is 32.2. The van der Waals surface area contributed by atoms with E-state index in [0.717, 1.165) is 6.26 Å². The molecule has 2 aromatic carbocycles. The summed E-state index contributed by atoms with van der Waals surface area (Å²) in [6, 6.07) is 9.95. The zero-order valence-corrected chi connectivity index (χ0v) is 12.9. The van der Waals surface area contributed by atoms with Gasteiger partial charge in [0, 0.05) is 22.4 Å². The Kier molecular flexibility index (Phi) is 4.43. The molecule has 0 fully saturated rings. The standard InChI is InChI=1S/C14H14FNO3S2/c1-21(18,19)13-6-4-12(5-7-13)20(17)9-10-2-3-11(16)8-14(10)15/h2-8H,9,16H2,1H3. The summed E-state index contributed by atoms with van der Waals surface area (Å²) in [6.07, 6.45) is 1.10. The SMILES string of the molecule is CS(=O)(=O)c1ccc(S(=O)Cc2ccc(N)cc2F)cc1. The van der Waals surface area contributed by atoms with Crippen LogP contribution in [0.1, 0.15) is 5.56 Å². The van der Waals surface area contributed by atoms with Crippen LogP contribution >= 0.6 is 0 Å². The van der Waals surface area contributed by atoms with Crippen LogP contribution in [0.2, 0.25) is 0 Å². The van der Waals surface area contributed by atoms with Gasteiger partial charge in [0.2, 0.25) is 0 Å². The summed E-state index contributed by atoms with van der Waals surface area (Å²) in [7, 11) is -4.75. The van der Waals surface area contributed by atoms with E-state index in [0.29, 0.717) is 16.1 Å². The number of halogens is 1. The Balaban J connectivity index is 2.21. The van der Waals surface area contributed by atoms with Crippen LogP contribution in [0.15, 0.2) is 52.3 Å². The topological polar surface area (TPSA) is 77.2 Å². The van der Waals surface area contributed by atoms with Crippen LogP contribution in [0.5, 0.6) is 0 Å². The molecule has 2 N–H and O–H groups in total. The van der Waals surface area contributed by atoms with Crippen molar-refractivity contribution in [1.82, 2.24) is 0 Å². The fraction of sp³-hybridized carbons (Fsp3) is 0.143. The van der Waals surface area contributed by atoms with Gasteiger partial charge in [0.05, 0.1) is 21.4 Å². The third kappa shape index (κ3) is 3.89. The predicted octanol–water partition coefficient (Wildman–Crippen LogP) is 2.12. The molecule has 0 aromatic heterocycles. The number of rotatable bonds is 4. The molecular weight excluding hydrogens is 313 g/mol. The van der Waals surface area contributed by atoms with Crippen molar-refractivity contribution in [3.05, 3.63) is 53.8 Å². The van der Waals surface area contributed by atoms with E-state index in [1.165, 1.54) is 36.4 Å². The van der Waals surface area contributed by atoms with Crippen LogP contribution in [0.4, 0.5) is 10.1 Å². The largest absolute Gasteiger partial charge is 0.399 e. The molecule has 0 radical (unpaired) electrons. The number of benzene rings is 2. The van der Waals surface area contributed by atoms with Crippen molar-refractivity contribution in [3.8, 4) is 0 Å². The molecule has 7 heteroatoms. The Morgan fingerprint density at radius 1 is 1.14 bits per heavy atom. The zero-order chi connectivity index (χ0) is 15.6. The second-order valence-electron chi connectivity index (χ2n) is 4.58. The Labute approximate surface area is 125 Å². The van der Waals surface area contributed by atoms with Gasteiger partial charge >= 0.3 is 0 Å². The number of hydrogen-bond acceptors (Lipinski definition) is 4. The van der Waals surface area contributed by atoms with Crippen LogP contribution in [-0.2, 0) is 26.4 Å². The lowest BCUT2D eigenvalue weighted by molar-refractivity contribution is 0.601. The first-order chi connectivity index (χ1) is 9.77. The van der Waals surface area contributed by atoms with Gasteiger partial charge in [-0.25, -0.2) is 12.8 Å². The summed E-state index contributed by atoms with van der Waals surface area (Å²) < 4.78 is 48.5. The van der Waals surface area contributed by atoms with Crippen LogP contribution in [0.3, 0.4) is 0 Å². The van der Waals surface area contributed by atoms with E-state index in [1.54, 1.807) is 6.07 Å². The monoisotopic (exact) mass is 327 g/mol. The van der Waals surface area contributed by atoms with E-state index in [-0.39, 0.29) is 10.6 Å². The molecule has 0 aliphatic heterocycles. The Morgan fingerprint density at radius 3 is 2.29 bits per heavy atom. The highest BCUT2D eigenvalue weighted by Crippen LogP contribution is 2.18. The van der Waals surface area contributed by atoms with Crippen molar-refractivity contribution in [2.75, 3.05) is 12.0 Å². The molecule has 1 unspecified atom stereocenters. The second-order valence-corrected chi connectivity index (χ2v) is 8.05. The second kappa shape index (κ2) is 5.95. The highest BCUT2D eigenvalue weighted by Gasteiger charge is 2.11. The summed E-state index contributed by atoms with van der Waals surface area (Å²) in [4.78, 5) is 0.598. The average molecular weight is 327 g/mol. The van der Waals surface area contributed by atoms with Gasteiger partial charge in [-0.15, -0.1) is 0 Å². The van der Waals surface area contributed by atoms with E-state index < -0.39 is 26.5 Å². The van der Waals surface area contributed by atoms with Gasteiger partial charge in [-0.1, -0.05) is 6.07 Å². The average Bonchev–Trinajstić information content (AvgIpc) is 2.41. The number of anilines is 1. The number of sulfone groups is 1. The first kappa shape index (κ1) is 15.7. The van der Waals surface area contributed by atoms with Gasteiger partial charge in [0.1, 0.15) is 5.82 Å². The van der Waals surface area contributed by atoms with Gasteiger partial charge in [0.25, 0.3) is 0 Å². The fourth-order valence-electron chi connectivity index (χ4n) is 1.74. The molecule has 0 saturated carbocycles. The normalized spacial score (nSPS) is 13.0. The van der Waals surface area contributed by atoms with Crippen molar-refractivity contribution in [2.45, 2.75) is 15.5 Å². The molecule has 0 heterocycles. The minimum Gasteiger partial charge on any atom is -0.399 e. The van der Waals surface area contributed by atoms with Gasteiger partial charge in [-0.05, 0) is 36.4 Å². The number of nitrogens with two attached hydrogens (primary N) is 1. The lowest BCUT2D eigenvalue weighted by Gasteiger charge is -2.06. The van der Waals surface area contributed by atoms with Crippen LogP contribution in [-0.4, -0.2) is 18.9 Å². The summed E-state index contributed by atoms with van der Waals surface area (Å²) in [5.74, 6) is -0.499. The first-order valence-corrected chi connectivity index (χ1v) is 9.21. The van der Waals surface area contributed by atoms with E-state index in [4.69, 9.17) is 5.73 Å². The lowest BCUT2D eigenvalue weighted by atomic mass is 10.2. The lowest BCUT2D eigenvalue weighted by Crippen LogP contribution is -2.01. The molecule has 0 aliphatic rings. The summed E-state index contributed by atoms with van der Waals surface area (Å²) in [6.45, 7) is 0. The minimum atomic E-state index is -3.29. The fourth-order valence-corrected chi connectivity index (χ4v) is 3.50. The van der Waals surface area contributed by atoms with Gasteiger partial charge in [0.15, 0.2) is 9.84 Å². The highest BCUT2D eigenvalue weighted by molar-refractivity contribution is 7.90. The molecule has 0 amide bonds. The Hall–Kier alpha value is -1.73. The molecule has 1 atom stereocenters. The summed E-state index contributed by atoms with van der Waals surface area (Å²) >= 11 is 0. The summed E-state index contributed by atoms with van der Waals surface area (Å²) in [5.41, 5.74) is 6.06. The molecule has 0 spiro atoms. The van der Waals surface area contributed by atoms with E-state index in [9.17, 15) is 17.0 Å². The van der Waals surface area contributed by atoms with Gasteiger partial charge < -0.3 is 5.73 Å². The minimum absolute atomic E-state index is 0.00430. The third-order valence-corrected chi connectivity index (χ3v) is 5.38. The summed E-state index contributed by atoms with van der Waals surface area (Å²) in [5, 5.41) is 0.